The second-order valence-corrected chi connectivity index (χ2v) is 9.57. The topological polar surface area (TPSA) is 187 Å². The molecule has 5 N–H and O–H groups in total. The number of carbonyl (C=O) groups is 3. The van der Waals surface area contributed by atoms with Crippen LogP contribution in [0.25, 0.3) is 0 Å². The van der Waals surface area contributed by atoms with Crippen molar-refractivity contribution in [3.8, 4) is 23.0 Å². The van der Waals surface area contributed by atoms with E-state index in [4.69, 9.17) is 34.6 Å². The molecule has 3 aliphatic heterocycles. The van der Waals surface area contributed by atoms with Crippen LogP contribution in [0.1, 0.15) is 15.9 Å². The average molecular weight is 573 g/mol. The molecule has 14 nitrogen and oxygen atoms in total. The number of methoxy groups -OCH3 is 2. The molecule has 3 aromatic rings. The number of amides is 2. The maximum atomic E-state index is 13.3. The van der Waals surface area contributed by atoms with Crippen LogP contribution >= 0.6 is 11.3 Å². The number of aromatic nitrogens is 2. The average Bonchev–Trinajstić information content (AvgIpc) is 3.56. The van der Waals surface area contributed by atoms with Crippen molar-refractivity contribution in [3.05, 3.63) is 47.5 Å². The number of nitrogens with two attached hydrogens (primary N) is 1. The minimum Gasteiger partial charge on any atom is -0.493 e. The van der Waals surface area contributed by atoms with E-state index in [0.717, 1.165) is 5.56 Å². The maximum Gasteiger partial charge on any atom is 0.290 e. The SMILES string of the molecule is COc1ccc2cc1OCC(=O)NCc1ccc(c(OC)c1)O[C@H]1CN(c3nnc(N)s3)C[C@@H]1NC2=O.O=CO. The zero-order chi connectivity index (χ0) is 28.6. The number of rotatable bonds is 3. The maximum absolute atomic E-state index is 13.3. The van der Waals surface area contributed by atoms with E-state index in [1.807, 2.05) is 11.0 Å². The molecule has 0 aliphatic carbocycles. The monoisotopic (exact) mass is 572 g/mol. The van der Waals surface area contributed by atoms with Crippen LogP contribution < -0.4 is 40.2 Å². The summed E-state index contributed by atoms with van der Waals surface area (Å²) in [5.74, 6) is 1.05. The van der Waals surface area contributed by atoms with Gasteiger partial charge in [-0.15, -0.1) is 10.2 Å². The summed E-state index contributed by atoms with van der Waals surface area (Å²) in [5.41, 5.74) is 6.96. The highest BCUT2D eigenvalue weighted by Gasteiger charge is 2.38. The Hall–Kier alpha value is -4.79. The molecule has 15 heteroatoms. The van der Waals surface area contributed by atoms with Crippen LogP contribution in [0.5, 0.6) is 23.0 Å². The van der Waals surface area contributed by atoms with Crippen molar-refractivity contribution in [3.63, 3.8) is 0 Å². The van der Waals surface area contributed by atoms with E-state index in [2.05, 4.69) is 20.8 Å². The number of nitrogens with one attached hydrogen (secondary N) is 2. The summed E-state index contributed by atoms with van der Waals surface area (Å²) >= 11 is 1.26. The second-order valence-electron chi connectivity index (χ2n) is 8.59. The summed E-state index contributed by atoms with van der Waals surface area (Å²) < 4.78 is 23.0. The molecule has 3 aliphatic rings. The molecule has 6 rings (SSSR count). The van der Waals surface area contributed by atoms with Gasteiger partial charge in [-0.1, -0.05) is 17.4 Å². The molecule has 1 saturated heterocycles. The molecule has 4 heterocycles. The Kier molecular flexibility index (Phi) is 9.06. The Balaban J connectivity index is 0.00000118. The Morgan fingerprint density at radius 2 is 1.88 bits per heavy atom. The zero-order valence-corrected chi connectivity index (χ0v) is 22.5. The first-order valence-corrected chi connectivity index (χ1v) is 12.8. The van der Waals surface area contributed by atoms with Crippen LogP contribution in [0.2, 0.25) is 0 Å². The Labute approximate surface area is 233 Å². The number of nitrogens with zero attached hydrogens (tertiary/aromatic N) is 3. The van der Waals surface area contributed by atoms with Crippen molar-refractivity contribution in [1.29, 1.82) is 0 Å². The summed E-state index contributed by atoms with van der Waals surface area (Å²) in [7, 11) is 3.04. The number of carbonyl (C=O) groups excluding carboxylic acids is 2. The number of nitrogen functional groups attached to an aromatic ring is 1. The molecule has 1 aromatic heterocycles. The molecule has 0 radical (unpaired) electrons. The van der Waals surface area contributed by atoms with Crippen molar-refractivity contribution in [1.82, 2.24) is 20.8 Å². The van der Waals surface area contributed by atoms with Gasteiger partial charge in [0.1, 0.15) is 6.10 Å². The molecule has 0 spiro atoms. The van der Waals surface area contributed by atoms with E-state index in [1.54, 1.807) is 37.4 Å². The Morgan fingerprint density at radius 1 is 1.10 bits per heavy atom. The fourth-order valence-corrected chi connectivity index (χ4v) is 4.83. The summed E-state index contributed by atoms with van der Waals surface area (Å²) in [6.07, 6.45) is -0.432. The van der Waals surface area contributed by atoms with Crippen LogP contribution in [0.3, 0.4) is 0 Å². The first-order chi connectivity index (χ1) is 19.3. The van der Waals surface area contributed by atoms with Gasteiger partial charge >= 0.3 is 0 Å². The molecule has 2 atom stereocenters. The summed E-state index contributed by atoms with van der Waals surface area (Å²) in [5, 5.41) is 21.8. The van der Waals surface area contributed by atoms with Crippen LogP contribution in [-0.4, -0.2) is 79.7 Å². The summed E-state index contributed by atoms with van der Waals surface area (Å²) in [6, 6.07) is 9.83. The van der Waals surface area contributed by atoms with Crippen LogP contribution in [-0.2, 0) is 16.1 Å². The lowest BCUT2D eigenvalue weighted by atomic mass is 10.1. The molecule has 212 valence electrons. The van der Waals surface area contributed by atoms with E-state index >= 15 is 0 Å². The molecular formula is C25H28N6O8S. The third kappa shape index (κ3) is 6.61. The van der Waals surface area contributed by atoms with Gasteiger partial charge in [-0.2, -0.15) is 0 Å². The number of benzene rings is 2. The van der Waals surface area contributed by atoms with Crippen molar-refractivity contribution in [2.75, 3.05) is 44.5 Å². The highest BCUT2D eigenvalue weighted by Crippen LogP contribution is 2.33. The van der Waals surface area contributed by atoms with E-state index in [-0.39, 0.29) is 37.2 Å². The number of ether oxygens (including phenoxy) is 4. The Morgan fingerprint density at radius 3 is 2.58 bits per heavy atom. The smallest absolute Gasteiger partial charge is 0.290 e. The van der Waals surface area contributed by atoms with Gasteiger partial charge in [0.2, 0.25) is 10.3 Å². The largest absolute Gasteiger partial charge is 0.493 e. The fraction of sp³-hybridized carbons (Fsp3) is 0.320. The minimum absolute atomic E-state index is 0.246. The van der Waals surface area contributed by atoms with Crippen molar-refractivity contribution in [2.24, 2.45) is 0 Å². The Bertz CT molecular complexity index is 1370. The highest BCUT2D eigenvalue weighted by molar-refractivity contribution is 7.18. The van der Waals surface area contributed by atoms with Crippen LogP contribution in [0.4, 0.5) is 10.3 Å². The molecule has 0 unspecified atom stereocenters. The summed E-state index contributed by atoms with van der Waals surface area (Å²) in [4.78, 5) is 36.0. The van der Waals surface area contributed by atoms with Crippen LogP contribution in [0.15, 0.2) is 36.4 Å². The van der Waals surface area contributed by atoms with Gasteiger partial charge in [0, 0.05) is 18.7 Å². The molecule has 2 aromatic carbocycles. The third-order valence-corrected chi connectivity index (χ3v) is 6.88. The number of carboxylic acid groups (broad SMARTS) is 1. The highest BCUT2D eigenvalue weighted by atomic mass is 32.1. The molecular weight excluding hydrogens is 544 g/mol. The number of hydrogen-bond donors (Lipinski definition) is 4. The standard InChI is InChI=1S/C24H26N6O6S.CH2O2/c1-33-16-6-4-14-8-19(16)35-12-21(31)26-9-13-3-5-17(18(7-13)34-2)36-20-11-30(10-15(20)27-22(14)32)24-29-28-23(25)37-24;2-1-3/h3-8,15,20H,9-12H2,1-2H3,(H2,25,28)(H,26,31)(H,27,32);1H,(H,2,3)/t15-,20-;/m0./s1. The molecule has 0 saturated carbocycles. The lowest BCUT2D eigenvalue weighted by Crippen LogP contribution is -2.45. The minimum atomic E-state index is -0.432. The van der Waals surface area contributed by atoms with Crippen molar-refractivity contribution in [2.45, 2.75) is 18.7 Å². The van der Waals surface area contributed by atoms with Crippen molar-refractivity contribution >= 4 is 39.9 Å². The van der Waals surface area contributed by atoms with Gasteiger partial charge in [-0.25, -0.2) is 0 Å². The van der Waals surface area contributed by atoms with E-state index in [1.165, 1.54) is 18.4 Å². The zero-order valence-electron chi connectivity index (χ0n) is 21.7. The van der Waals surface area contributed by atoms with Gasteiger partial charge in [-0.3, -0.25) is 14.4 Å². The van der Waals surface area contributed by atoms with Crippen molar-refractivity contribution < 1.29 is 38.4 Å². The van der Waals surface area contributed by atoms with E-state index < -0.39 is 12.1 Å². The number of anilines is 2. The third-order valence-electron chi connectivity index (χ3n) is 6.06. The quantitative estimate of drug-likeness (QED) is 0.325. The van der Waals surface area contributed by atoms with Gasteiger partial charge in [0.15, 0.2) is 29.6 Å². The van der Waals surface area contributed by atoms with Gasteiger partial charge in [0.25, 0.3) is 18.3 Å². The van der Waals surface area contributed by atoms with Gasteiger partial charge in [0.05, 0.1) is 26.8 Å². The molecule has 2 amide bonds. The second kappa shape index (κ2) is 12.8. The lowest BCUT2D eigenvalue weighted by Gasteiger charge is -2.22. The lowest BCUT2D eigenvalue weighted by molar-refractivity contribution is -0.123. The number of hydrogen-bond acceptors (Lipinski definition) is 12. The first-order valence-electron chi connectivity index (χ1n) is 12.0. The first kappa shape index (κ1) is 28.2. The molecule has 1 fully saturated rings. The fourth-order valence-electron chi connectivity index (χ4n) is 4.20. The van der Waals surface area contributed by atoms with Crippen LogP contribution in [0, 0.1) is 0 Å². The predicted molar refractivity (Wildman–Crippen MR) is 144 cm³/mol. The van der Waals surface area contributed by atoms with Gasteiger partial charge < -0.3 is 45.3 Å². The van der Waals surface area contributed by atoms with E-state index in [9.17, 15) is 9.59 Å². The number of fused-ring (bicyclic) bond motifs is 7. The molecule has 4 bridgehead atoms. The molecule has 40 heavy (non-hydrogen) atoms. The predicted octanol–water partition coefficient (Wildman–Crippen LogP) is 0.913. The van der Waals surface area contributed by atoms with Gasteiger partial charge in [-0.05, 0) is 35.9 Å². The normalized spacial score (nSPS) is 18.5. The van der Waals surface area contributed by atoms with E-state index in [0.29, 0.717) is 46.2 Å². The summed E-state index contributed by atoms with van der Waals surface area (Å²) in [6.45, 7) is 0.652.